The molecule has 0 aromatic heterocycles. The van der Waals surface area contributed by atoms with Crippen LogP contribution >= 0.6 is 11.8 Å². The van der Waals surface area contributed by atoms with Crippen LogP contribution in [0.2, 0.25) is 0 Å². The van der Waals surface area contributed by atoms with Crippen LogP contribution in [0.15, 0.2) is 0 Å². The highest BCUT2D eigenvalue weighted by Gasteiger charge is 2.37. The highest BCUT2D eigenvalue weighted by molar-refractivity contribution is 7.99. The fourth-order valence-electron chi connectivity index (χ4n) is 0.455. The van der Waals surface area contributed by atoms with Crippen molar-refractivity contribution in [3.63, 3.8) is 0 Å². The molecule has 4 nitrogen and oxygen atoms in total. The van der Waals surface area contributed by atoms with Gasteiger partial charge >= 0.3 is 11.8 Å². The first-order chi connectivity index (χ1) is 5.54. The second-order valence-corrected chi connectivity index (χ2v) is 3.12. The Morgan fingerprint density at radius 3 is 2.58 bits per heavy atom. The number of halogens is 2. The van der Waals surface area contributed by atoms with E-state index in [1.807, 2.05) is 0 Å². The summed E-state index contributed by atoms with van der Waals surface area (Å²) in [5, 5.41) is 0. The van der Waals surface area contributed by atoms with Gasteiger partial charge < -0.3 is 5.73 Å². The number of hydrazine groups is 1. The molecule has 1 amide bonds. The number of hydrogen-bond acceptors (Lipinski definition) is 4. The minimum Gasteiger partial charge on any atom is -0.330 e. The minimum atomic E-state index is -3.41. The van der Waals surface area contributed by atoms with Gasteiger partial charge in [-0.25, -0.2) is 5.84 Å². The van der Waals surface area contributed by atoms with E-state index >= 15 is 0 Å². The second kappa shape index (κ2) is 5.28. The smallest absolute Gasteiger partial charge is 0.330 e. The quantitative estimate of drug-likeness (QED) is 0.237. The molecule has 7 heteroatoms. The van der Waals surface area contributed by atoms with Gasteiger partial charge in [-0.15, -0.1) is 0 Å². The number of carbonyl (C=O) groups excluding carboxylic acids is 1. The van der Waals surface area contributed by atoms with E-state index in [4.69, 9.17) is 5.73 Å². The summed E-state index contributed by atoms with van der Waals surface area (Å²) in [6.45, 7) is 0.311. The summed E-state index contributed by atoms with van der Waals surface area (Å²) in [4.78, 5) is 10.4. The Bertz CT molecular complexity index is 156. The van der Waals surface area contributed by atoms with Crippen molar-refractivity contribution in [1.29, 1.82) is 0 Å². The van der Waals surface area contributed by atoms with Crippen molar-refractivity contribution in [2.45, 2.75) is 5.92 Å². The number of carbonyl (C=O) groups is 1. The molecule has 0 aliphatic rings. The summed E-state index contributed by atoms with van der Waals surface area (Å²) < 4.78 is 25.2. The number of thioether (sulfide) groups is 1. The summed E-state index contributed by atoms with van der Waals surface area (Å²) in [7, 11) is 0. The molecule has 0 aromatic rings. The van der Waals surface area contributed by atoms with E-state index in [0.717, 1.165) is 11.8 Å². The highest BCUT2D eigenvalue weighted by atomic mass is 32.2. The van der Waals surface area contributed by atoms with Crippen molar-refractivity contribution in [2.24, 2.45) is 11.6 Å². The van der Waals surface area contributed by atoms with Crippen LogP contribution in [0.1, 0.15) is 0 Å². The average molecular weight is 199 g/mol. The lowest BCUT2D eigenvalue weighted by atomic mass is 10.4. The molecule has 0 rings (SSSR count). The SMILES string of the molecule is NCCSCC(F)(F)C(=O)NN. The Kier molecular flexibility index (Phi) is 5.11. The summed E-state index contributed by atoms with van der Waals surface area (Å²) in [6.07, 6.45) is 0. The van der Waals surface area contributed by atoms with E-state index in [1.165, 1.54) is 5.43 Å². The first-order valence-corrected chi connectivity index (χ1v) is 4.36. The molecule has 72 valence electrons. The van der Waals surface area contributed by atoms with Crippen LogP contribution in [0.3, 0.4) is 0 Å². The maximum Gasteiger partial charge on any atom is 0.334 e. The maximum absolute atomic E-state index is 12.6. The third-order valence-electron chi connectivity index (χ3n) is 1.01. The van der Waals surface area contributed by atoms with Gasteiger partial charge in [0.25, 0.3) is 0 Å². The van der Waals surface area contributed by atoms with Crippen LogP contribution < -0.4 is 17.0 Å². The molecule has 0 radical (unpaired) electrons. The van der Waals surface area contributed by atoms with Crippen LogP contribution in [0.5, 0.6) is 0 Å². The number of rotatable bonds is 5. The minimum absolute atomic E-state index is 0.311. The normalized spacial score (nSPS) is 11.3. The predicted octanol–water partition coefficient (Wildman–Crippen LogP) is -0.696. The molecule has 0 spiro atoms. The van der Waals surface area contributed by atoms with Gasteiger partial charge in [-0.05, 0) is 0 Å². The van der Waals surface area contributed by atoms with Crippen molar-refractivity contribution < 1.29 is 13.6 Å². The zero-order chi connectivity index (χ0) is 9.61. The molecule has 0 bridgehead atoms. The molecule has 0 aliphatic carbocycles. The molecule has 0 fully saturated rings. The van der Waals surface area contributed by atoms with Crippen molar-refractivity contribution in [3.8, 4) is 0 Å². The van der Waals surface area contributed by atoms with Gasteiger partial charge in [0.1, 0.15) is 0 Å². The van der Waals surface area contributed by atoms with Gasteiger partial charge in [-0.3, -0.25) is 10.2 Å². The lowest BCUT2D eigenvalue weighted by Crippen LogP contribution is -2.45. The molecule has 0 atom stereocenters. The van der Waals surface area contributed by atoms with Gasteiger partial charge in [0.15, 0.2) is 0 Å². The molecule has 0 aromatic carbocycles. The molecule has 12 heavy (non-hydrogen) atoms. The largest absolute Gasteiger partial charge is 0.334 e. The summed E-state index contributed by atoms with van der Waals surface area (Å²) in [5.41, 5.74) is 6.47. The number of amides is 1. The van der Waals surface area contributed by atoms with E-state index in [2.05, 4.69) is 5.84 Å². The van der Waals surface area contributed by atoms with Crippen LogP contribution in [0, 0.1) is 0 Å². The summed E-state index contributed by atoms with van der Waals surface area (Å²) in [6, 6.07) is 0. The van der Waals surface area contributed by atoms with E-state index in [1.54, 1.807) is 0 Å². The lowest BCUT2D eigenvalue weighted by molar-refractivity contribution is -0.142. The topological polar surface area (TPSA) is 81.1 Å². The van der Waals surface area contributed by atoms with Crippen LogP contribution in [-0.4, -0.2) is 29.9 Å². The third-order valence-corrected chi connectivity index (χ3v) is 2.10. The number of nitrogens with two attached hydrogens (primary N) is 2. The Morgan fingerprint density at radius 1 is 1.58 bits per heavy atom. The number of hydrogen-bond donors (Lipinski definition) is 3. The second-order valence-electron chi connectivity index (χ2n) is 2.02. The summed E-state index contributed by atoms with van der Waals surface area (Å²) >= 11 is 0.912. The van der Waals surface area contributed by atoms with Gasteiger partial charge in [0, 0.05) is 12.3 Å². The Morgan fingerprint density at radius 2 is 2.17 bits per heavy atom. The number of nitrogens with one attached hydrogen (secondary N) is 1. The van der Waals surface area contributed by atoms with Crippen LogP contribution in [0.4, 0.5) is 8.78 Å². The molecule has 0 saturated carbocycles. The highest BCUT2D eigenvalue weighted by Crippen LogP contribution is 2.19. The van der Waals surface area contributed by atoms with Crippen molar-refractivity contribution in [2.75, 3.05) is 18.1 Å². The van der Waals surface area contributed by atoms with Crippen LogP contribution in [-0.2, 0) is 4.79 Å². The van der Waals surface area contributed by atoms with Crippen molar-refractivity contribution >= 4 is 17.7 Å². The molecule has 0 saturated heterocycles. The lowest BCUT2D eigenvalue weighted by Gasteiger charge is -2.12. The van der Waals surface area contributed by atoms with Gasteiger partial charge in [-0.1, -0.05) is 0 Å². The monoisotopic (exact) mass is 199 g/mol. The van der Waals surface area contributed by atoms with Gasteiger partial charge in [0.2, 0.25) is 0 Å². The fourth-order valence-corrected chi connectivity index (χ4v) is 1.15. The van der Waals surface area contributed by atoms with Gasteiger partial charge in [0.05, 0.1) is 5.75 Å². The maximum atomic E-state index is 12.6. The van der Waals surface area contributed by atoms with E-state index in [9.17, 15) is 13.6 Å². The summed E-state index contributed by atoms with van der Waals surface area (Å²) in [5.74, 6) is -0.519. The van der Waals surface area contributed by atoms with E-state index in [0.29, 0.717) is 12.3 Å². The molecular weight excluding hydrogens is 188 g/mol. The Labute approximate surface area is 73.0 Å². The van der Waals surface area contributed by atoms with Gasteiger partial charge in [-0.2, -0.15) is 20.5 Å². The average Bonchev–Trinajstić information content (AvgIpc) is 2.03. The Hall–Kier alpha value is -0.400. The first kappa shape index (κ1) is 11.6. The van der Waals surface area contributed by atoms with E-state index < -0.39 is 17.6 Å². The predicted molar refractivity (Wildman–Crippen MR) is 43.7 cm³/mol. The molecule has 5 N–H and O–H groups in total. The van der Waals surface area contributed by atoms with E-state index in [-0.39, 0.29) is 0 Å². The Balaban J connectivity index is 3.78. The molecule has 0 aliphatic heterocycles. The van der Waals surface area contributed by atoms with Crippen LogP contribution in [0.25, 0.3) is 0 Å². The molecular formula is C5H11F2N3OS. The third kappa shape index (κ3) is 3.84. The van der Waals surface area contributed by atoms with Crippen molar-refractivity contribution in [3.05, 3.63) is 0 Å². The van der Waals surface area contributed by atoms with Crippen molar-refractivity contribution in [1.82, 2.24) is 5.43 Å². The molecule has 0 unspecified atom stereocenters. The zero-order valence-electron chi connectivity index (χ0n) is 6.35. The number of alkyl halides is 2. The zero-order valence-corrected chi connectivity index (χ0v) is 7.16. The molecule has 0 heterocycles. The first-order valence-electron chi connectivity index (χ1n) is 3.21. The standard InChI is InChI=1S/C5H11F2N3OS/c6-5(7,4(11)10-9)3-12-2-1-8/h1-3,8-9H2,(H,10,11). The fraction of sp³-hybridized carbons (Fsp3) is 0.800.